The molecule has 3 N–H and O–H groups in total. The van der Waals surface area contributed by atoms with Gasteiger partial charge < -0.3 is 15.8 Å². The van der Waals surface area contributed by atoms with E-state index in [4.69, 9.17) is 10.5 Å². The van der Waals surface area contributed by atoms with Crippen LogP contribution in [0, 0.1) is 5.92 Å². The highest BCUT2D eigenvalue weighted by Gasteiger charge is 2.26. The zero-order chi connectivity index (χ0) is 15.2. The smallest absolute Gasteiger partial charge is 0.238 e. The molecule has 1 aromatic rings. The van der Waals surface area contributed by atoms with Crippen LogP contribution in [0.3, 0.4) is 0 Å². The second kappa shape index (κ2) is 7.43. The number of nitrogens with two attached hydrogens (primary N) is 1. The van der Waals surface area contributed by atoms with E-state index < -0.39 is 0 Å². The average Bonchev–Trinajstić information content (AvgIpc) is 2.50. The summed E-state index contributed by atoms with van der Waals surface area (Å²) in [6.45, 7) is 4.39. The van der Waals surface area contributed by atoms with E-state index in [2.05, 4.69) is 17.1 Å². The molecule has 0 aromatic heterocycles. The summed E-state index contributed by atoms with van der Waals surface area (Å²) in [6.07, 6.45) is 2.03. The zero-order valence-corrected chi connectivity index (χ0v) is 12.8. The molecular weight excluding hydrogens is 266 g/mol. The van der Waals surface area contributed by atoms with Crippen LogP contribution in [0.15, 0.2) is 24.3 Å². The van der Waals surface area contributed by atoms with Crippen LogP contribution in [0.4, 0.5) is 5.69 Å². The monoisotopic (exact) mass is 291 g/mol. The van der Waals surface area contributed by atoms with Crippen LogP contribution >= 0.6 is 0 Å². The molecule has 2 unspecified atom stereocenters. The molecule has 0 radical (unpaired) electrons. The molecule has 1 heterocycles. The lowest BCUT2D eigenvalue weighted by Crippen LogP contribution is -2.48. The molecule has 1 saturated heterocycles. The van der Waals surface area contributed by atoms with E-state index >= 15 is 0 Å². The van der Waals surface area contributed by atoms with Crippen molar-refractivity contribution in [3.63, 3.8) is 0 Å². The van der Waals surface area contributed by atoms with E-state index in [0.717, 1.165) is 37.4 Å². The van der Waals surface area contributed by atoms with Crippen molar-refractivity contribution >= 4 is 11.6 Å². The number of ether oxygens (including phenoxy) is 1. The summed E-state index contributed by atoms with van der Waals surface area (Å²) in [5.74, 6) is 1.29. The first-order valence-electron chi connectivity index (χ1n) is 7.54. The van der Waals surface area contributed by atoms with Gasteiger partial charge in [-0.05, 0) is 36.6 Å². The number of piperidine rings is 1. The molecule has 116 valence electrons. The van der Waals surface area contributed by atoms with E-state index in [1.54, 1.807) is 7.11 Å². The minimum absolute atomic E-state index is 0.0190. The van der Waals surface area contributed by atoms with Gasteiger partial charge in [0, 0.05) is 24.8 Å². The fourth-order valence-electron chi connectivity index (χ4n) is 2.78. The molecule has 0 bridgehead atoms. The third kappa shape index (κ3) is 4.44. The van der Waals surface area contributed by atoms with E-state index in [1.807, 2.05) is 24.3 Å². The number of hydrogen-bond donors (Lipinski definition) is 2. The summed E-state index contributed by atoms with van der Waals surface area (Å²) < 4.78 is 5.10. The molecule has 1 aliphatic heterocycles. The van der Waals surface area contributed by atoms with Crippen LogP contribution in [0.1, 0.15) is 19.8 Å². The van der Waals surface area contributed by atoms with Crippen molar-refractivity contribution < 1.29 is 9.53 Å². The lowest BCUT2D eigenvalue weighted by atomic mass is 9.91. The molecule has 2 rings (SSSR count). The minimum atomic E-state index is 0.0190. The summed E-state index contributed by atoms with van der Waals surface area (Å²) in [5.41, 5.74) is 6.89. The molecule has 1 aliphatic rings. The Morgan fingerprint density at radius 1 is 1.43 bits per heavy atom. The van der Waals surface area contributed by atoms with Crippen molar-refractivity contribution in [3.05, 3.63) is 24.3 Å². The van der Waals surface area contributed by atoms with Crippen LogP contribution in [-0.4, -0.2) is 43.6 Å². The van der Waals surface area contributed by atoms with Gasteiger partial charge in [-0.1, -0.05) is 13.3 Å². The van der Waals surface area contributed by atoms with E-state index in [9.17, 15) is 4.79 Å². The van der Waals surface area contributed by atoms with Crippen molar-refractivity contribution in [2.24, 2.45) is 11.7 Å². The van der Waals surface area contributed by atoms with Gasteiger partial charge in [0.15, 0.2) is 0 Å². The lowest BCUT2D eigenvalue weighted by Gasteiger charge is -2.36. The van der Waals surface area contributed by atoms with Crippen LogP contribution < -0.4 is 15.8 Å². The Kier molecular flexibility index (Phi) is 5.59. The molecular formula is C16H25N3O2. The number of carbonyl (C=O) groups excluding carboxylic acids is 1. The summed E-state index contributed by atoms with van der Waals surface area (Å²) in [4.78, 5) is 14.3. The van der Waals surface area contributed by atoms with Gasteiger partial charge in [0.05, 0.1) is 13.7 Å². The van der Waals surface area contributed by atoms with E-state index in [0.29, 0.717) is 12.5 Å². The Morgan fingerprint density at radius 2 is 2.14 bits per heavy atom. The first-order chi connectivity index (χ1) is 10.1. The van der Waals surface area contributed by atoms with Crippen LogP contribution in [0.2, 0.25) is 0 Å². The largest absolute Gasteiger partial charge is 0.497 e. The Balaban J connectivity index is 1.83. The molecule has 5 nitrogen and oxygen atoms in total. The van der Waals surface area contributed by atoms with Gasteiger partial charge in [-0.15, -0.1) is 0 Å². The predicted molar refractivity (Wildman–Crippen MR) is 84.4 cm³/mol. The maximum Gasteiger partial charge on any atom is 0.238 e. The zero-order valence-electron chi connectivity index (χ0n) is 12.8. The molecule has 1 fully saturated rings. The molecule has 1 aromatic carbocycles. The number of benzene rings is 1. The Labute approximate surface area is 126 Å². The fourth-order valence-corrected chi connectivity index (χ4v) is 2.78. The third-order valence-corrected chi connectivity index (χ3v) is 4.14. The van der Waals surface area contributed by atoms with Gasteiger partial charge in [0.1, 0.15) is 5.75 Å². The Bertz CT molecular complexity index is 461. The molecule has 2 atom stereocenters. The number of methoxy groups -OCH3 is 1. The topological polar surface area (TPSA) is 67.6 Å². The third-order valence-electron chi connectivity index (χ3n) is 4.14. The highest BCUT2D eigenvalue weighted by Crippen LogP contribution is 2.19. The molecule has 1 amide bonds. The second-order valence-electron chi connectivity index (χ2n) is 5.63. The summed E-state index contributed by atoms with van der Waals surface area (Å²) in [7, 11) is 1.62. The van der Waals surface area contributed by atoms with Crippen molar-refractivity contribution in [1.82, 2.24) is 4.90 Å². The van der Waals surface area contributed by atoms with Gasteiger partial charge in [0.25, 0.3) is 0 Å². The normalized spacial score (nSPS) is 22.8. The van der Waals surface area contributed by atoms with Crippen molar-refractivity contribution in [1.29, 1.82) is 0 Å². The predicted octanol–water partition coefficient (Wildman–Crippen LogP) is 1.69. The van der Waals surface area contributed by atoms with Gasteiger partial charge in [-0.25, -0.2) is 0 Å². The minimum Gasteiger partial charge on any atom is -0.497 e. The number of hydrogen-bond acceptors (Lipinski definition) is 4. The number of likely N-dealkylation sites (tertiary alicyclic amines) is 1. The lowest BCUT2D eigenvalue weighted by molar-refractivity contribution is -0.117. The van der Waals surface area contributed by atoms with Crippen LogP contribution in [0.25, 0.3) is 0 Å². The van der Waals surface area contributed by atoms with Gasteiger partial charge in [-0.3, -0.25) is 9.69 Å². The highest BCUT2D eigenvalue weighted by molar-refractivity contribution is 5.92. The number of rotatable bonds is 5. The van der Waals surface area contributed by atoms with Crippen LogP contribution in [-0.2, 0) is 4.79 Å². The summed E-state index contributed by atoms with van der Waals surface area (Å²) in [5, 5.41) is 2.92. The first-order valence-corrected chi connectivity index (χ1v) is 7.54. The van der Waals surface area contributed by atoms with E-state index in [-0.39, 0.29) is 11.9 Å². The number of nitrogens with zero attached hydrogens (tertiary/aromatic N) is 1. The molecule has 0 saturated carbocycles. The van der Waals surface area contributed by atoms with Crippen molar-refractivity contribution in [3.8, 4) is 5.75 Å². The number of nitrogens with one attached hydrogen (secondary N) is 1. The summed E-state index contributed by atoms with van der Waals surface area (Å²) >= 11 is 0. The SMILES string of the molecule is CCC1CN(CC(=O)Nc2ccc(OC)cc2)CCC1N. The summed E-state index contributed by atoms with van der Waals surface area (Å²) in [6, 6.07) is 7.64. The number of carbonyl (C=O) groups is 1. The standard InChI is InChI=1S/C16H25N3O2/c1-3-12-10-19(9-8-15(12)17)11-16(20)18-13-4-6-14(21-2)7-5-13/h4-7,12,15H,3,8-11,17H2,1-2H3,(H,18,20). The number of amides is 1. The van der Waals surface area contributed by atoms with Gasteiger partial charge >= 0.3 is 0 Å². The van der Waals surface area contributed by atoms with Gasteiger partial charge in [0.2, 0.25) is 5.91 Å². The van der Waals surface area contributed by atoms with Crippen LogP contribution in [0.5, 0.6) is 5.75 Å². The quantitative estimate of drug-likeness (QED) is 0.866. The maximum atomic E-state index is 12.1. The maximum absolute atomic E-state index is 12.1. The van der Waals surface area contributed by atoms with Gasteiger partial charge in [-0.2, -0.15) is 0 Å². The molecule has 21 heavy (non-hydrogen) atoms. The molecule has 0 aliphatic carbocycles. The second-order valence-corrected chi connectivity index (χ2v) is 5.63. The van der Waals surface area contributed by atoms with E-state index in [1.165, 1.54) is 0 Å². The molecule has 0 spiro atoms. The fraction of sp³-hybridized carbons (Fsp3) is 0.562. The number of anilines is 1. The Hall–Kier alpha value is -1.59. The molecule has 5 heteroatoms. The van der Waals surface area contributed by atoms with Crippen molar-refractivity contribution in [2.75, 3.05) is 32.1 Å². The average molecular weight is 291 g/mol. The van der Waals surface area contributed by atoms with Crippen molar-refractivity contribution in [2.45, 2.75) is 25.8 Å². The Morgan fingerprint density at radius 3 is 2.76 bits per heavy atom. The first kappa shape index (κ1) is 15.8. The highest BCUT2D eigenvalue weighted by atomic mass is 16.5.